The van der Waals surface area contributed by atoms with Crippen LogP contribution in [0.5, 0.6) is 0 Å². The summed E-state index contributed by atoms with van der Waals surface area (Å²) < 4.78 is 0. The van der Waals surface area contributed by atoms with Gasteiger partial charge in [0.15, 0.2) is 0 Å². The third kappa shape index (κ3) is 3.88. The van der Waals surface area contributed by atoms with Gasteiger partial charge in [0.25, 0.3) is 5.91 Å². The van der Waals surface area contributed by atoms with Crippen LogP contribution in [-0.4, -0.2) is 23.5 Å². The number of benzene rings is 1. The first-order chi connectivity index (χ1) is 9.69. The second-order valence-electron chi connectivity index (χ2n) is 5.50. The number of amides is 1. The van der Waals surface area contributed by atoms with Gasteiger partial charge in [0, 0.05) is 29.6 Å². The lowest BCUT2D eigenvalue weighted by Crippen LogP contribution is -2.37. The second kappa shape index (κ2) is 7.77. The number of nitrogens with one attached hydrogen (secondary N) is 1. The van der Waals surface area contributed by atoms with Gasteiger partial charge in [-0.2, -0.15) is 0 Å². The van der Waals surface area contributed by atoms with E-state index in [2.05, 4.69) is 10.3 Å². The summed E-state index contributed by atoms with van der Waals surface area (Å²) in [5.41, 5.74) is 8.21. The summed E-state index contributed by atoms with van der Waals surface area (Å²) in [6, 6.07) is 9.71. The number of nitrogens with two attached hydrogens (primary N) is 1. The molecule has 1 aromatic heterocycles. The molecule has 1 heterocycles. The van der Waals surface area contributed by atoms with Gasteiger partial charge in [-0.3, -0.25) is 9.78 Å². The van der Waals surface area contributed by atoms with E-state index in [9.17, 15) is 4.79 Å². The lowest BCUT2D eigenvalue weighted by Gasteiger charge is -2.13. The zero-order valence-corrected chi connectivity index (χ0v) is 14.0. The fraction of sp³-hybridized carbons (Fsp3) is 0.375. The molecular weight excluding hydrogens is 321 g/mol. The monoisotopic (exact) mass is 341 g/mol. The number of fused-ring (bicyclic) bond motifs is 1. The molecule has 4 nitrogen and oxygen atoms in total. The van der Waals surface area contributed by atoms with E-state index in [0.717, 1.165) is 16.6 Å². The Bertz CT molecular complexity index is 659. The van der Waals surface area contributed by atoms with Crippen molar-refractivity contribution in [2.45, 2.75) is 31.7 Å². The Kier molecular flexibility index (Phi) is 6.60. The van der Waals surface area contributed by atoms with E-state index in [4.69, 9.17) is 5.73 Å². The van der Waals surface area contributed by atoms with E-state index in [1.54, 1.807) is 0 Å². The van der Waals surface area contributed by atoms with Crippen LogP contribution >= 0.6 is 24.8 Å². The van der Waals surface area contributed by atoms with Crippen LogP contribution in [-0.2, 0) is 0 Å². The number of para-hydroxylation sites is 1. The fourth-order valence-corrected chi connectivity index (χ4v) is 2.33. The van der Waals surface area contributed by atoms with E-state index >= 15 is 0 Å². The number of nitrogens with zero attached hydrogens (tertiary/aromatic N) is 1. The van der Waals surface area contributed by atoms with Gasteiger partial charge in [-0.25, -0.2) is 0 Å². The van der Waals surface area contributed by atoms with Crippen LogP contribution in [0.4, 0.5) is 0 Å². The molecule has 1 aromatic carbocycles. The predicted molar refractivity (Wildman–Crippen MR) is 94.2 cm³/mol. The Labute approximate surface area is 142 Å². The van der Waals surface area contributed by atoms with Crippen molar-refractivity contribution >= 4 is 41.6 Å². The van der Waals surface area contributed by atoms with Crippen LogP contribution in [0.25, 0.3) is 10.9 Å². The van der Waals surface area contributed by atoms with Gasteiger partial charge in [-0.1, -0.05) is 18.2 Å². The quantitative estimate of drug-likeness (QED) is 0.897. The van der Waals surface area contributed by atoms with Gasteiger partial charge in [-0.15, -0.1) is 24.8 Å². The molecule has 3 rings (SSSR count). The molecule has 0 bridgehead atoms. The van der Waals surface area contributed by atoms with E-state index in [0.29, 0.717) is 18.0 Å². The topological polar surface area (TPSA) is 68.0 Å². The molecule has 6 heteroatoms. The number of carbonyl (C=O) groups is 1. The molecule has 1 aliphatic rings. The van der Waals surface area contributed by atoms with Gasteiger partial charge < -0.3 is 11.1 Å². The zero-order valence-electron chi connectivity index (χ0n) is 12.4. The first-order valence-electron chi connectivity index (χ1n) is 7.09. The largest absolute Gasteiger partial charge is 0.348 e. The molecule has 1 saturated carbocycles. The Hall–Kier alpha value is -1.36. The molecule has 0 unspecified atom stereocenters. The van der Waals surface area contributed by atoms with Crippen LogP contribution in [0.2, 0.25) is 0 Å². The third-order valence-electron chi connectivity index (χ3n) is 3.71. The molecule has 3 N–H and O–H groups in total. The van der Waals surface area contributed by atoms with E-state index in [1.165, 1.54) is 12.8 Å². The lowest BCUT2D eigenvalue weighted by atomic mass is 10.0. The molecule has 22 heavy (non-hydrogen) atoms. The van der Waals surface area contributed by atoms with Crippen LogP contribution < -0.4 is 11.1 Å². The van der Waals surface area contributed by atoms with E-state index in [1.807, 2.05) is 37.3 Å². The van der Waals surface area contributed by atoms with Gasteiger partial charge >= 0.3 is 0 Å². The number of rotatable bonds is 4. The summed E-state index contributed by atoms with van der Waals surface area (Å²) in [6.07, 6.45) is 2.34. The van der Waals surface area contributed by atoms with Crippen molar-refractivity contribution in [1.82, 2.24) is 10.3 Å². The standard InChI is InChI=1S/C16H19N3O.2ClH/c1-10(9-17)18-16(20)13-8-15(11-6-7-11)19-14-5-3-2-4-12(13)14;;/h2-5,8,10-11H,6-7,9,17H2,1H3,(H,18,20);2*1H/t10-;;/m0../s1. The number of carbonyl (C=O) groups excluding carboxylic acids is 1. The Balaban J connectivity index is 0.00000121. The summed E-state index contributed by atoms with van der Waals surface area (Å²) in [4.78, 5) is 17.1. The average Bonchev–Trinajstić information content (AvgIpc) is 3.30. The highest BCUT2D eigenvalue weighted by Gasteiger charge is 2.27. The van der Waals surface area contributed by atoms with Crippen LogP contribution in [0.15, 0.2) is 30.3 Å². The summed E-state index contributed by atoms with van der Waals surface area (Å²) in [7, 11) is 0. The Morgan fingerprint density at radius 1 is 1.36 bits per heavy atom. The number of hydrogen-bond acceptors (Lipinski definition) is 3. The van der Waals surface area contributed by atoms with Crippen molar-refractivity contribution in [2.24, 2.45) is 5.73 Å². The van der Waals surface area contributed by atoms with Crippen molar-refractivity contribution in [3.05, 3.63) is 41.6 Å². The van der Waals surface area contributed by atoms with Gasteiger partial charge in [0.1, 0.15) is 0 Å². The van der Waals surface area contributed by atoms with Crippen molar-refractivity contribution in [3.8, 4) is 0 Å². The molecular formula is C16H21Cl2N3O. The van der Waals surface area contributed by atoms with Crippen molar-refractivity contribution in [1.29, 1.82) is 0 Å². The molecule has 1 amide bonds. The molecule has 1 aliphatic carbocycles. The zero-order chi connectivity index (χ0) is 14.1. The number of hydrogen-bond donors (Lipinski definition) is 2. The smallest absolute Gasteiger partial charge is 0.252 e. The molecule has 120 valence electrons. The van der Waals surface area contributed by atoms with E-state index < -0.39 is 0 Å². The predicted octanol–water partition coefficient (Wildman–Crippen LogP) is 3.03. The number of pyridine rings is 1. The van der Waals surface area contributed by atoms with Crippen LogP contribution in [0.1, 0.15) is 41.7 Å². The highest BCUT2D eigenvalue weighted by molar-refractivity contribution is 6.06. The van der Waals surface area contributed by atoms with Gasteiger partial charge in [-0.05, 0) is 31.9 Å². The normalized spacial score (nSPS) is 14.6. The number of aromatic nitrogens is 1. The summed E-state index contributed by atoms with van der Waals surface area (Å²) >= 11 is 0. The summed E-state index contributed by atoms with van der Waals surface area (Å²) in [5.74, 6) is 0.460. The second-order valence-corrected chi connectivity index (χ2v) is 5.50. The van der Waals surface area contributed by atoms with Gasteiger partial charge in [0.05, 0.1) is 11.1 Å². The minimum Gasteiger partial charge on any atom is -0.348 e. The van der Waals surface area contributed by atoms with Gasteiger partial charge in [0.2, 0.25) is 0 Å². The summed E-state index contributed by atoms with van der Waals surface area (Å²) in [6.45, 7) is 2.34. The van der Waals surface area contributed by atoms with Crippen LogP contribution in [0, 0.1) is 0 Å². The molecule has 0 spiro atoms. The maximum atomic E-state index is 12.4. The summed E-state index contributed by atoms with van der Waals surface area (Å²) in [5, 5.41) is 3.83. The molecule has 0 saturated heterocycles. The minimum atomic E-state index is -0.0662. The maximum absolute atomic E-state index is 12.4. The molecule has 0 aliphatic heterocycles. The molecule has 1 atom stereocenters. The molecule has 2 aromatic rings. The molecule has 0 radical (unpaired) electrons. The maximum Gasteiger partial charge on any atom is 0.252 e. The minimum absolute atomic E-state index is 0. The average molecular weight is 342 g/mol. The van der Waals surface area contributed by atoms with E-state index in [-0.39, 0.29) is 36.8 Å². The fourth-order valence-electron chi connectivity index (χ4n) is 2.33. The highest BCUT2D eigenvalue weighted by Crippen LogP contribution is 2.40. The van der Waals surface area contributed by atoms with Crippen LogP contribution in [0.3, 0.4) is 0 Å². The first-order valence-corrected chi connectivity index (χ1v) is 7.09. The van der Waals surface area contributed by atoms with Crippen molar-refractivity contribution < 1.29 is 4.79 Å². The third-order valence-corrected chi connectivity index (χ3v) is 3.71. The lowest BCUT2D eigenvalue weighted by molar-refractivity contribution is 0.0943. The highest BCUT2D eigenvalue weighted by atomic mass is 35.5. The molecule has 1 fully saturated rings. The Morgan fingerprint density at radius 3 is 2.68 bits per heavy atom. The van der Waals surface area contributed by atoms with Crippen molar-refractivity contribution in [2.75, 3.05) is 6.54 Å². The first kappa shape index (κ1) is 18.7. The van der Waals surface area contributed by atoms with Crippen molar-refractivity contribution in [3.63, 3.8) is 0 Å². The SMILES string of the molecule is C[C@@H](CN)NC(=O)c1cc(C2CC2)nc2ccccc12.Cl.Cl. The number of halogens is 2. The Morgan fingerprint density at radius 2 is 2.05 bits per heavy atom.